The quantitative estimate of drug-likeness (QED) is 0.381. The van der Waals surface area contributed by atoms with Crippen molar-refractivity contribution in [3.63, 3.8) is 0 Å². The topological polar surface area (TPSA) is 57.6 Å². The summed E-state index contributed by atoms with van der Waals surface area (Å²) in [6, 6.07) is 10.2. The van der Waals surface area contributed by atoms with Crippen LogP contribution >= 0.6 is 11.6 Å². The fourth-order valence-corrected chi connectivity index (χ4v) is 3.96. The maximum atomic E-state index is 13.4. The zero-order valence-corrected chi connectivity index (χ0v) is 19.3. The Morgan fingerprint density at radius 2 is 1.70 bits per heavy atom. The molecule has 1 N–H and O–H groups in total. The second-order valence-electron chi connectivity index (χ2n) is 8.10. The van der Waals surface area contributed by atoms with Crippen LogP contribution in [0.25, 0.3) is 0 Å². The van der Waals surface area contributed by atoms with E-state index in [2.05, 4.69) is 15.4 Å². The van der Waals surface area contributed by atoms with Gasteiger partial charge < -0.3 is 5.32 Å². The lowest BCUT2D eigenvalue weighted by Crippen LogP contribution is -2.29. The smallest absolute Gasteiger partial charge is 0.324 e. The van der Waals surface area contributed by atoms with Crippen molar-refractivity contribution >= 4 is 28.9 Å². The van der Waals surface area contributed by atoms with Crippen LogP contribution in [-0.2, 0) is 17.1 Å². The molecule has 1 aliphatic heterocycles. The number of hydrazone groups is 1. The van der Waals surface area contributed by atoms with Gasteiger partial charge in [-0.3, -0.25) is 14.8 Å². The lowest BCUT2D eigenvalue weighted by atomic mass is 9.94. The zero-order chi connectivity index (χ0) is 27.0. The minimum Gasteiger partial charge on any atom is -0.324 e. The van der Waals surface area contributed by atoms with Gasteiger partial charge in [0.05, 0.1) is 40.0 Å². The van der Waals surface area contributed by atoms with E-state index in [1.807, 2.05) is 0 Å². The van der Waals surface area contributed by atoms with Gasteiger partial charge in [-0.1, -0.05) is 23.7 Å². The lowest BCUT2D eigenvalue weighted by molar-refractivity contribution is -0.138. The summed E-state index contributed by atoms with van der Waals surface area (Å²) >= 11 is 5.60. The highest BCUT2D eigenvalue weighted by molar-refractivity contribution is 6.31. The zero-order valence-electron chi connectivity index (χ0n) is 18.5. The summed E-state index contributed by atoms with van der Waals surface area (Å²) in [5, 5.41) is 7.50. The Balaban J connectivity index is 1.55. The summed E-state index contributed by atoms with van der Waals surface area (Å²) in [5.74, 6) is -1.87. The largest absolute Gasteiger partial charge is 0.417 e. The van der Waals surface area contributed by atoms with Gasteiger partial charge in [-0.25, -0.2) is 4.39 Å². The van der Waals surface area contributed by atoms with E-state index in [4.69, 9.17) is 11.6 Å². The molecule has 0 bridgehead atoms. The Labute approximate surface area is 210 Å². The standard InChI is InChI=1S/C24H16ClF7N4O/c25-19-7-6-16(9-18(19)24(30,31)32)34-21(37)12-36-11-17(20-8-3-14(10-33-20)23(27,28)29)22(35-36)13-1-4-15(26)5-2-13/h1-10,17H,11-12H2,(H,34,37). The van der Waals surface area contributed by atoms with Crippen molar-refractivity contribution in [2.75, 3.05) is 18.4 Å². The molecule has 3 aromatic rings. The van der Waals surface area contributed by atoms with Crippen LogP contribution in [0.1, 0.15) is 28.3 Å². The van der Waals surface area contributed by atoms with Crippen LogP contribution in [0.15, 0.2) is 65.9 Å². The monoisotopic (exact) mass is 544 g/mol. The first-order valence-electron chi connectivity index (χ1n) is 10.6. The molecule has 1 aliphatic rings. The van der Waals surface area contributed by atoms with E-state index in [1.165, 1.54) is 41.4 Å². The summed E-state index contributed by atoms with van der Waals surface area (Å²) in [5.41, 5.74) is -1.14. The third kappa shape index (κ3) is 6.19. The minimum atomic E-state index is -4.72. The molecule has 37 heavy (non-hydrogen) atoms. The second-order valence-corrected chi connectivity index (χ2v) is 8.51. The fraction of sp³-hybridized carbons (Fsp3) is 0.208. The average Bonchev–Trinajstić information content (AvgIpc) is 3.23. The van der Waals surface area contributed by atoms with Crippen LogP contribution in [0.2, 0.25) is 5.02 Å². The van der Waals surface area contributed by atoms with E-state index in [0.29, 0.717) is 23.5 Å². The number of nitrogens with one attached hydrogen (secondary N) is 1. The van der Waals surface area contributed by atoms with Gasteiger partial charge >= 0.3 is 12.4 Å². The van der Waals surface area contributed by atoms with Gasteiger partial charge in [0.1, 0.15) is 12.4 Å². The molecule has 13 heteroatoms. The molecule has 0 saturated heterocycles. The molecule has 1 aromatic heterocycles. The molecule has 0 fully saturated rings. The van der Waals surface area contributed by atoms with Crippen molar-refractivity contribution in [2.24, 2.45) is 5.10 Å². The minimum absolute atomic E-state index is 0.0346. The normalized spacial score (nSPS) is 16.1. The predicted molar refractivity (Wildman–Crippen MR) is 122 cm³/mol. The molecule has 1 amide bonds. The molecule has 0 aliphatic carbocycles. The van der Waals surface area contributed by atoms with E-state index in [-0.39, 0.29) is 24.5 Å². The van der Waals surface area contributed by atoms with Crippen LogP contribution in [0, 0.1) is 5.82 Å². The number of nitrogens with zero attached hydrogens (tertiary/aromatic N) is 3. The molecule has 194 valence electrons. The van der Waals surface area contributed by atoms with E-state index in [0.717, 1.165) is 12.1 Å². The molecule has 5 nitrogen and oxygen atoms in total. The first kappa shape index (κ1) is 26.4. The molecule has 1 unspecified atom stereocenters. The number of anilines is 1. The number of carbonyl (C=O) groups is 1. The highest BCUT2D eigenvalue weighted by Crippen LogP contribution is 2.36. The Morgan fingerprint density at radius 3 is 2.30 bits per heavy atom. The number of benzene rings is 2. The van der Waals surface area contributed by atoms with Crippen molar-refractivity contribution in [3.8, 4) is 0 Å². The summed E-state index contributed by atoms with van der Waals surface area (Å²) in [6.07, 6.45) is -8.61. The highest BCUT2D eigenvalue weighted by atomic mass is 35.5. The van der Waals surface area contributed by atoms with Gasteiger partial charge in [0, 0.05) is 11.9 Å². The molecule has 4 rings (SSSR count). The molecule has 2 aromatic carbocycles. The maximum Gasteiger partial charge on any atom is 0.417 e. The third-order valence-corrected chi connectivity index (χ3v) is 5.79. The summed E-state index contributed by atoms with van der Waals surface area (Å²) in [4.78, 5) is 16.5. The number of aromatic nitrogens is 1. The molecule has 0 saturated carbocycles. The lowest BCUT2D eigenvalue weighted by Gasteiger charge is -2.17. The molecule has 1 atom stereocenters. The highest BCUT2D eigenvalue weighted by Gasteiger charge is 2.35. The van der Waals surface area contributed by atoms with Crippen LogP contribution in [0.3, 0.4) is 0 Å². The van der Waals surface area contributed by atoms with E-state index in [1.54, 1.807) is 0 Å². The molecule has 0 radical (unpaired) electrons. The third-order valence-electron chi connectivity index (χ3n) is 5.46. The van der Waals surface area contributed by atoms with Crippen molar-refractivity contribution < 1.29 is 35.5 Å². The number of alkyl halides is 6. The number of carbonyl (C=O) groups excluding carboxylic acids is 1. The van der Waals surface area contributed by atoms with Crippen LogP contribution in [-0.4, -0.2) is 34.7 Å². The second kappa shape index (κ2) is 10.0. The van der Waals surface area contributed by atoms with Crippen molar-refractivity contribution in [2.45, 2.75) is 18.3 Å². The summed E-state index contributed by atoms with van der Waals surface area (Å²) < 4.78 is 91.6. The van der Waals surface area contributed by atoms with E-state index in [9.17, 15) is 35.5 Å². The van der Waals surface area contributed by atoms with Crippen molar-refractivity contribution in [3.05, 3.63) is 94.0 Å². The predicted octanol–water partition coefficient (Wildman–Crippen LogP) is 6.35. The number of hydrogen-bond acceptors (Lipinski definition) is 4. The van der Waals surface area contributed by atoms with Crippen LogP contribution in [0.5, 0.6) is 0 Å². The SMILES string of the molecule is O=C(CN1CC(c2ccc(C(F)(F)F)cn2)C(c2ccc(F)cc2)=N1)Nc1ccc(Cl)c(C(F)(F)F)c1. The van der Waals surface area contributed by atoms with E-state index < -0.39 is 46.1 Å². The average molecular weight is 545 g/mol. The number of halogens is 8. The number of rotatable bonds is 5. The van der Waals surface area contributed by atoms with Crippen LogP contribution in [0.4, 0.5) is 36.4 Å². The molecular formula is C24H16ClF7N4O. The van der Waals surface area contributed by atoms with Gasteiger partial charge in [0.25, 0.3) is 0 Å². The number of amides is 1. The van der Waals surface area contributed by atoms with Gasteiger partial charge in [-0.15, -0.1) is 0 Å². The van der Waals surface area contributed by atoms with Crippen molar-refractivity contribution in [1.29, 1.82) is 0 Å². The Bertz CT molecular complexity index is 1320. The Hall–Kier alpha value is -3.67. The molecule has 2 heterocycles. The van der Waals surface area contributed by atoms with Gasteiger partial charge in [-0.05, 0) is 48.0 Å². The van der Waals surface area contributed by atoms with Crippen LogP contribution < -0.4 is 5.32 Å². The maximum absolute atomic E-state index is 13.4. The van der Waals surface area contributed by atoms with Gasteiger partial charge in [-0.2, -0.15) is 31.4 Å². The molecular weight excluding hydrogens is 529 g/mol. The fourth-order valence-electron chi connectivity index (χ4n) is 3.74. The van der Waals surface area contributed by atoms with E-state index >= 15 is 0 Å². The Morgan fingerprint density at radius 1 is 1.00 bits per heavy atom. The number of hydrogen-bond donors (Lipinski definition) is 1. The first-order valence-corrected chi connectivity index (χ1v) is 11.0. The van der Waals surface area contributed by atoms with Gasteiger partial charge in [0.15, 0.2) is 0 Å². The Kier molecular flexibility index (Phi) is 7.13. The van der Waals surface area contributed by atoms with Crippen molar-refractivity contribution in [1.82, 2.24) is 9.99 Å². The molecule has 0 spiro atoms. The summed E-state index contributed by atoms with van der Waals surface area (Å²) in [7, 11) is 0. The van der Waals surface area contributed by atoms with Gasteiger partial charge in [0.2, 0.25) is 5.91 Å². The number of pyridine rings is 1. The summed E-state index contributed by atoms with van der Waals surface area (Å²) in [6.45, 7) is -0.348. The first-order chi connectivity index (χ1) is 17.3.